The van der Waals surface area contributed by atoms with Gasteiger partial charge in [0, 0.05) is 27.8 Å². The molecule has 0 saturated carbocycles. The molecule has 2 aromatic carbocycles. The second-order valence-corrected chi connectivity index (χ2v) is 9.52. The highest BCUT2D eigenvalue weighted by atomic mass is 35.5. The fourth-order valence-corrected chi connectivity index (χ4v) is 5.07. The number of amides is 1. The lowest BCUT2D eigenvalue weighted by atomic mass is 10.0. The third-order valence-electron chi connectivity index (χ3n) is 6.35. The molecule has 1 aliphatic rings. The summed E-state index contributed by atoms with van der Waals surface area (Å²) < 4.78 is 12.0. The normalized spacial score (nSPS) is 14.4. The number of aromatic nitrogens is 1. The Morgan fingerprint density at radius 2 is 1.66 bits per heavy atom. The predicted octanol–water partition coefficient (Wildman–Crippen LogP) is 6.45. The van der Waals surface area contributed by atoms with Crippen molar-refractivity contribution in [1.82, 2.24) is 4.57 Å². The number of benzene rings is 2. The fraction of sp³-hybridized carbons (Fsp3) is 0.207. The monoisotopic (exact) mass is 552 g/mol. The maximum Gasteiger partial charge on any atom is 0.340 e. The summed E-state index contributed by atoms with van der Waals surface area (Å²) in [6, 6.07) is 13.6. The van der Waals surface area contributed by atoms with Crippen LogP contribution in [0.4, 0.5) is 5.69 Å². The van der Waals surface area contributed by atoms with E-state index in [2.05, 4.69) is 0 Å². The Hall–Kier alpha value is -3.81. The molecule has 0 aliphatic carbocycles. The summed E-state index contributed by atoms with van der Waals surface area (Å²) in [6.07, 6.45) is 1.69. The third kappa shape index (κ3) is 4.87. The number of hydrogen-bond donors (Lipinski definition) is 0. The van der Waals surface area contributed by atoms with Gasteiger partial charge in [0.05, 0.1) is 41.1 Å². The Kier molecular flexibility index (Phi) is 7.81. The van der Waals surface area contributed by atoms with Crippen LogP contribution in [0.15, 0.2) is 65.4 Å². The Bertz CT molecular complexity index is 1520. The number of methoxy groups -OCH3 is 1. The van der Waals surface area contributed by atoms with Crippen LogP contribution >= 0.6 is 23.2 Å². The number of aryl methyl sites for hydroxylation is 1. The SMILES string of the molecule is CCOC(=O)c1ccc(N2C(=O)/C(=C\c3cc(C)n(-c4ccc(Cl)cc4Cl)c3C)C(C(=O)OC)=C2C)cc1. The van der Waals surface area contributed by atoms with Gasteiger partial charge in [-0.05, 0) is 87.9 Å². The van der Waals surface area contributed by atoms with E-state index in [1.165, 1.54) is 12.0 Å². The lowest BCUT2D eigenvalue weighted by molar-refractivity contribution is -0.136. The van der Waals surface area contributed by atoms with Gasteiger partial charge >= 0.3 is 11.9 Å². The average Bonchev–Trinajstić information content (AvgIpc) is 3.30. The van der Waals surface area contributed by atoms with Crippen molar-refractivity contribution in [3.05, 3.63) is 97.9 Å². The highest BCUT2D eigenvalue weighted by Gasteiger charge is 2.38. The number of halogens is 2. The Morgan fingerprint density at radius 3 is 2.26 bits per heavy atom. The van der Waals surface area contributed by atoms with Crippen LogP contribution < -0.4 is 4.90 Å². The van der Waals surface area contributed by atoms with Crippen molar-refractivity contribution in [3.63, 3.8) is 0 Å². The average molecular weight is 553 g/mol. The van der Waals surface area contributed by atoms with E-state index >= 15 is 0 Å². The molecule has 0 atom stereocenters. The first-order valence-electron chi connectivity index (χ1n) is 11.9. The molecular formula is C29H26Cl2N2O5. The van der Waals surface area contributed by atoms with Gasteiger partial charge in [-0.2, -0.15) is 0 Å². The second-order valence-electron chi connectivity index (χ2n) is 8.68. The van der Waals surface area contributed by atoms with Crippen LogP contribution in [-0.4, -0.2) is 36.1 Å². The largest absolute Gasteiger partial charge is 0.465 e. The number of ether oxygens (including phenoxy) is 2. The second kappa shape index (κ2) is 10.9. The number of rotatable bonds is 6. The van der Waals surface area contributed by atoms with Crippen LogP contribution in [0.2, 0.25) is 10.0 Å². The quantitative estimate of drug-likeness (QED) is 0.259. The standard InChI is InChI=1S/C29H26Cl2N2O5/c1-6-38-28(35)19-7-10-22(11-8-19)33-18(4)26(29(36)37-5)23(27(33)34)14-20-13-16(2)32(17(20)3)25-12-9-21(30)15-24(25)31/h7-15H,6H2,1-5H3/b23-14-. The topological polar surface area (TPSA) is 77.8 Å². The van der Waals surface area contributed by atoms with Gasteiger partial charge in [0.15, 0.2) is 0 Å². The number of hydrogen-bond acceptors (Lipinski definition) is 5. The molecule has 38 heavy (non-hydrogen) atoms. The molecule has 0 bridgehead atoms. The van der Waals surface area contributed by atoms with Crippen molar-refractivity contribution in [1.29, 1.82) is 0 Å². The molecule has 196 valence electrons. The van der Waals surface area contributed by atoms with E-state index in [1.54, 1.807) is 56.3 Å². The fourth-order valence-electron chi connectivity index (χ4n) is 4.57. The van der Waals surface area contributed by atoms with Gasteiger partial charge < -0.3 is 14.0 Å². The predicted molar refractivity (Wildman–Crippen MR) is 148 cm³/mol. The van der Waals surface area contributed by atoms with Crippen LogP contribution in [0, 0.1) is 13.8 Å². The Labute approximate surface area is 230 Å². The van der Waals surface area contributed by atoms with Crippen molar-refractivity contribution in [2.24, 2.45) is 0 Å². The number of carbonyl (C=O) groups is 3. The zero-order valence-corrected chi connectivity index (χ0v) is 23.1. The van der Waals surface area contributed by atoms with Gasteiger partial charge in [-0.25, -0.2) is 9.59 Å². The molecule has 0 spiro atoms. The molecule has 0 fully saturated rings. The maximum absolute atomic E-state index is 13.7. The summed E-state index contributed by atoms with van der Waals surface area (Å²) in [4.78, 5) is 40.0. The number of anilines is 1. The minimum atomic E-state index is -0.623. The van der Waals surface area contributed by atoms with Gasteiger partial charge in [0.25, 0.3) is 5.91 Å². The van der Waals surface area contributed by atoms with E-state index in [4.69, 9.17) is 32.7 Å². The molecule has 3 aromatic rings. The molecule has 7 nitrogen and oxygen atoms in total. The molecule has 2 heterocycles. The Morgan fingerprint density at radius 1 is 0.974 bits per heavy atom. The third-order valence-corrected chi connectivity index (χ3v) is 6.88. The minimum Gasteiger partial charge on any atom is -0.465 e. The van der Waals surface area contributed by atoms with E-state index in [0.29, 0.717) is 27.0 Å². The van der Waals surface area contributed by atoms with Gasteiger partial charge in [0.2, 0.25) is 0 Å². The smallest absolute Gasteiger partial charge is 0.340 e. The van der Waals surface area contributed by atoms with Crippen LogP contribution in [0.3, 0.4) is 0 Å². The first-order valence-corrected chi connectivity index (χ1v) is 12.6. The van der Waals surface area contributed by atoms with E-state index in [-0.39, 0.29) is 23.7 Å². The van der Waals surface area contributed by atoms with E-state index in [9.17, 15) is 14.4 Å². The van der Waals surface area contributed by atoms with Crippen LogP contribution in [0.5, 0.6) is 0 Å². The summed E-state index contributed by atoms with van der Waals surface area (Å²) >= 11 is 12.5. The Balaban J connectivity index is 1.79. The van der Waals surface area contributed by atoms with E-state index in [1.807, 2.05) is 30.5 Å². The van der Waals surface area contributed by atoms with Crippen molar-refractivity contribution in [2.45, 2.75) is 27.7 Å². The maximum atomic E-state index is 13.7. The summed E-state index contributed by atoms with van der Waals surface area (Å²) in [5.41, 5.74) is 4.85. The molecule has 0 N–H and O–H groups in total. The molecule has 9 heteroatoms. The van der Waals surface area contributed by atoms with Gasteiger partial charge in [0.1, 0.15) is 0 Å². The summed E-state index contributed by atoms with van der Waals surface area (Å²) in [5, 5.41) is 1.01. The van der Waals surface area contributed by atoms with Crippen molar-refractivity contribution >= 4 is 52.8 Å². The zero-order chi connectivity index (χ0) is 27.7. The zero-order valence-electron chi connectivity index (χ0n) is 21.6. The van der Waals surface area contributed by atoms with Crippen LogP contribution in [0.25, 0.3) is 11.8 Å². The number of nitrogens with zero attached hydrogens (tertiary/aromatic N) is 2. The summed E-state index contributed by atoms with van der Waals surface area (Å²) in [7, 11) is 1.27. The lowest BCUT2D eigenvalue weighted by Crippen LogP contribution is -2.24. The van der Waals surface area contributed by atoms with Gasteiger partial charge in [-0.1, -0.05) is 23.2 Å². The molecule has 1 amide bonds. The van der Waals surface area contributed by atoms with Crippen molar-refractivity contribution < 1.29 is 23.9 Å². The number of allylic oxidation sites excluding steroid dienone is 1. The summed E-state index contributed by atoms with van der Waals surface area (Å²) in [5.74, 6) is -1.46. The van der Waals surface area contributed by atoms with Crippen molar-refractivity contribution in [3.8, 4) is 5.69 Å². The molecule has 1 aliphatic heterocycles. The molecule has 0 radical (unpaired) electrons. The number of esters is 2. The highest BCUT2D eigenvalue weighted by Crippen LogP contribution is 2.37. The first kappa shape index (κ1) is 27.2. The van der Waals surface area contributed by atoms with Crippen LogP contribution in [0.1, 0.15) is 41.2 Å². The summed E-state index contributed by atoms with van der Waals surface area (Å²) in [6.45, 7) is 7.50. The van der Waals surface area contributed by atoms with Crippen LogP contribution in [-0.2, 0) is 19.1 Å². The number of carbonyl (C=O) groups excluding carboxylic acids is 3. The van der Waals surface area contributed by atoms with Crippen molar-refractivity contribution in [2.75, 3.05) is 18.6 Å². The van der Waals surface area contributed by atoms with E-state index < -0.39 is 11.9 Å². The van der Waals surface area contributed by atoms with Gasteiger partial charge in [-0.15, -0.1) is 0 Å². The molecular weight excluding hydrogens is 527 g/mol. The molecule has 1 aromatic heterocycles. The minimum absolute atomic E-state index is 0.168. The molecule has 4 rings (SSSR count). The molecule has 0 unspecified atom stereocenters. The molecule has 0 saturated heterocycles. The van der Waals surface area contributed by atoms with E-state index in [0.717, 1.165) is 22.6 Å². The highest BCUT2D eigenvalue weighted by molar-refractivity contribution is 6.35. The first-order chi connectivity index (χ1) is 18.1. The lowest BCUT2D eigenvalue weighted by Gasteiger charge is -2.18. The van der Waals surface area contributed by atoms with Gasteiger partial charge in [-0.3, -0.25) is 9.69 Å².